The van der Waals surface area contributed by atoms with Crippen molar-refractivity contribution in [3.63, 3.8) is 0 Å². The summed E-state index contributed by atoms with van der Waals surface area (Å²) in [6, 6.07) is 0. The van der Waals surface area contributed by atoms with Crippen molar-refractivity contribution < 1.29 is 4.74 Å². The highest BCUT2D eigenvalue weighted by molar-refractivity contribution is 14.0. The first-order chi connectivity index (χ1) is 10.7. The fraction of sp³-hybridized carbons (Fsp3) is 0.944. The number of nitrogens with zero attached hydrogens (tertiary/aromatic N) is 2. The van der Waals surface area contributed by atoms with E-state index in [0.717, 1.165) is 57.2 Å². The molecule has 5 heteroatoms. The van der Waals surface area contributed by atoms with E-state index >= 15 is 0 Å². The molecule has 3 unspecified atom stereocenters. The average molecular weight is 435 g/mol. The number of nitrogens with one attached hydrogen (secondary N) is 1. The molecule has 2 aliphatic heterocycles. The van der Waals surface area contributed by atoms with Gasteiger partial charge in [0, 0.05) is 38.2 Å². The van der Waals surface area contributed by atoms with Gasteiger partial charge in [-0.05, 0) is 44.4 Å². The van der Waals surface area contributed by atoms with E-state index in [1.165, 1.54) is 38.5 Å². The summed E-state index contributed by atoms with van der Waals surface area (Å²) in [5, 5.41) is 3.52. The molecule has 134 valence electrons. The van der Waals surface area contributed by atoms with Gasteiger partial charge in [0.15, 0.2) is 5.96 Å². The SMILES string of the molecule is CCNC(=NCC1CCCC(C)C1)N1CCC2(CCOC2)C1.I. The predicted molar refractivity (Wildman–Crippen MR) is 107 cm³/mol. The van der Waals surface area contributed by atoms with Gasteiger partial charge in [-0.1, -0.05) is 19.8 Å². The maximum Gasteiger partial charge on any atom is 0.193 e. The van der Waals surface area contributed by atoms with Crippen LogP contribution < -0.4 is 5.32 Å². The smallest absolute Gasteiger partial charge is 0.193 e. The van der Waals surface area contributed by atoms with Gasteiger partial charge in [0.05, 0.1) is 6.61 Å². The van der Waals surface area contributed by atoms with Crippen LogP contribution in [0.4, 0.5) is 0 Å². The first-order valence-electron chi connectivity index (χ1n) is 9.32. The fourth-order valence-corrected chi connectivity index (χ4v) is 4.45. The van der Waals surface area contributed by atoms with Crippen molar-refractivity contribution in [3.05, 3.63) is 0 Å². The highest BCUT2D eigenvalue weighted by Gasteiger charge is 2.42. The summed E-state index contributed by atoms with van der Waals surface area (Å²) < 4.78 is 5.65. The summed E-state index contributed by atoms with van der Waals surface area (Å²) in [6.45, 7) is 10.7. The first-order valence-corrected chi connectivity index (χ1v) is 9.32. The second kappa shape index (κ2) is 8.88. The Hall–Kier alpha value is -0.0400. The molecule has 0 aromatic carbocycles. The molecule has 3 rings (SSSR count). The van der Waals surface area contributed by atoms with Crippen LogP contribution in [0.25, 0.3) is 0 Å². The Morgan fingerprint density at radius 3 is 2.91 bits per heavy atom. The van der Waals surface area contributed by atoms with E-state index in [9.17, 15) is 0 Å². The summed E-state index contributed by atoms with van der Waals surface area (Å²) in [6.07, 6.45) is 8.02. The van der Waals surface area contributed by atoms with Crippen molar-refractivity contribution in [2.45, 2.75) is 52.4 Å². The minimum absolute atomic E-state index is 0. The van der Waals surface area contributed by atoms with Gasteiger partial charge in [0.25, 0.3) is 0 Å². The summed E-state index contributed by atoms with van der Waals surface area (Å²) in [4.78, 5) is 7.48. The normalized spacial score (nSPS) is 34.7. The molecule has 0 bridgehead atoms. The monoisotopic (exact) mass is 435 g/mol. The largest absolute Gasteiger partial charge is 0.381 e. The van der Waals surface area contributed by atoms with Gasteiger partial charge < -0.3 is 15.0 Å². The maximum absolute atomic E-state index is 5.65. The predicted octanol–water partition coefficient (Wildman–Crippen LogP) is 3.51. The summed E-state index contributed by atoms with van der Waals surface area (Å²) in [5.41, 5.74) is 0.412. The van der Waals surface area contributed by atoms with E-state index in [1.807, 2.05) is 0 Å². The lowest BCUT2D eigenvalue weighted by Crippen LogP contribution is -2.41. The molecule has 4 nitrogen and oxygen atoms in total. The quantitative estimate of drug-likeness (QED) is 0.419. The van der Waals surface area contributed by atoms with Crippen LogP contribution >= 0.6 is 24.0 Å². The van der Waals surface area contributed by atoms with Gasteiger partial charge in [-0.3, -0.25) is 4.99 Å². The van der Waals surface area contributed by atoms with Crippen LogP contribution in [-0.2, 0) is 4.74 Å². The molecule has 2 heterocycles. The minimum Gasteiger partial charge on any atom is -0.381 e. The van der Waals surface area contributed by atoms with Gasteiger partial charge >= 0.3 is 0 Å². The van der Waals surface area contributed by atoms with Gasteiger partial charge in [-0.15, -0.1) is 24.0 Å². The Bertz CT molecular complexity index is 396. The Morgan fingerprint density at radius 2 is 2.22 bits per heavy atom. The molecule has 1 aliphatic carbocycles. The number of ether oxygens (including phenoxy) is 1. The van der Waals surface area contributed by atoms with E-state index in [0.29, 0.717) is 5.41 Å². The lowest BCUT2D eigenvalue weighted by atomic mass is 9.82. The molecule has 2 saturated heterocycles. The Balaban J connectivity index is 0.00000192. The zero-order chi connectivity index (χ0) is 15.4. The van der Waals surface area contributed by atoms with Crippen LogP contribution in [0.15, 0.2) is 4.99 Å². The molecule has 1 saturated carbocycles. The number of hydrogen-bond donors (Lipinski definition) is 1. The van der Waals surface area contributed by atoms with Crippen molar-refractivity contribution in [2.24, 2.45) is 22.2 Å². The van der Waals surface area contributed by atoms with Crippen LogP contribution in [0.2, 0.25) is 0 Å². The van der Waals surface area contributed by atoms with Crippen molar-refractivity contribution in [1.82, 2.24) is 10.2 Å². The molecular weight excluding hydrogens is 401 g/mol. The lowest BCUT2D eigenvalue weighted by molar-refractivity contribution is 0.156. The van der Waals surface area contributed by atoms with Crippen LogP contribution in [-0.4, -0.2) is 50.3 Å². The second-order valence-corrected chi connectivity index (χ2v) is 7.81. The van der Waals surface area contributed by atoms with Crippen LogP contribution in [0.3, 0.4) is 0 Å². The molecular formula is C18H34IN3O. The molecule has 1 spiro atoms. The Morgan fingerprint density at radius 1 is 1.35 bits per heavy atom. The van der Waals surface area contributed by atoms with E-state index in [-0.39, 0.29) is 24.0 Å². The zero-order valence-electron chi connectivity index (χ0n) is 14.9. The molecule has 0 aromatic rings. The van der Waals surface area contributed by atoms with E-state index in [1.54, 1.807) is 0 Å². The third-order valence-corrected chi connectivity index (χ3v) is 5.80. The number of hydrogen-bond acceptors (Lipinski definition) is 2. The van der Waals surface area contributed by atoms with Crippen molar-refractivity contribution in [1.29, 1.82) is 0 Å². The van der Waals surface area contributed by atoms with Crippen molar-refractivity contribution in [3.8, 4) is 0 Å². The second-order valence-electron chi connectivity index (χ2n) is 7.81. The molecule has 3 fully saturated rings. The molecule has 0 amide bonds. The van der Waals surface area contributed by atoms with Crippen LogP contribution in [0.1, 0.15) is 52.4 Å². The molecule has 0 radical (unpaired) electrons. The van der Waals surface area contributed by atoms with E-state index in [2.05, 4.69) is 24.1 Å². The third kappa shape index (κ3) is 4.97. The lowest BCUT2D eigenvalue weighted by Gasteiger charge is -2.27. The van der Waals surface area contributed by atoms with Crippen LogP contribution in [0, 0.1) is 17.3 Å². The fourth-order valence-electron chi connectivity index (χ4n) is 4.45. The topological polar surface area (TPSA) is 36.9 Å². The Labute approximate surface area is 158 Å². The van der Waals surface area contributed by atoms with E-state index in [4.69, 9.17) is 9.73 Å². The van der Waals surface area contributed by atoms with Gasteiger partial charge in [0.1, 0.15) is 0 Å². The highest BCUT2D eigenvalue weighted by Crippen LogP contribution is 2.38. The third-order valence-electron chi connectivity index (χ3n) is 5.80. The Kier molecular flexibility index (Phi) is 7.45. The number of aliphatic imine (C=N–C) groups is 1. The molecule has 1 N–H and O–H groups in total. The van der Waals surface area contributed by atoms with E-state index < -0.39 is 0 Å². The van der Waals surface area contributed by atoms with Crippen molar-refractivity contribution >= 4 is 29.9 Å². The molecule has 3 atom stereocenters. The van der Waals surface area contributed by atoms with Gasteiger partial charge in [0.2, 0.25) is 0 Å². The number of likely N-dealkylation sites (tertiary alicyclic amines) is 1. The minimum atomic E-state index is 0. The molecule has 3 aliphatic rings. The van der Waals surface area contributed by atoms with Crippen LogP contribution in [0.5, 0.6) is 0 Å². The highest BCUT2D eigenvalue weighted by atomic mass is 127. The van der Waals surface area contributed by atoms with Crippen molar-refractivity contribution in [2.75, 3.05) is 39.4 Å². The first kappa shape index (κ1) is 19.3. The average Bonchev–Trinajstić information content (AvgIpc) is 3.14. The summed E-state index contributed by atoms with van der Waals surface area (Å²) >= 11 is 0. The standard InChI is InChI=1S/C18H33N3O.HI/c1-3-19-17(20-12-16-6-4-5-15(2)11-16)21-9-7-18(13-21)8-10-22-14-18;/h15-16H,3-14H2,1-2H3,(H,19,20);1H. The maximum atomic E-state index is 5.65. The number of halogens is 1. The van der Waals surface area contributed by atoms with Gasteiger partial charge in [-0.25, -0.2) is 0 Å². The summed E-state index contributed by atoms with van der Waals surface area (Å²) in [5.74, 6) is 2.83. The molecule has 0 aromatic heterocycles. The number of guanidine groups is 1. The summed E-state index contributed by atoms with van der Waals surface area (Å²) in [7, 11) is 0. The molecule has 23 heavy (non-hydrogen) atoms. The van der Waals surface area contributed by atoms with Gasteiger partial charge in [-0.2, -0.15) is 0 Å². The number of rotatable bonds is 3. The zero-order valence-corrected chi connectivity index (χ0v) is 17.2.